The first kappa shape index (κ1) is 19.7. The lowest BCUT2D eigenvalue weighted by Gasteiger charge is -2.21. The van der Waals surface area contributed by atoms with Gasteiger partial charge in [-0.05, 0) is 37.1 Å². The first-order chi connectivity index (χ1) is 14.4. The number of benzene rings is 1. The van der Waals surface area contributed by atoms with Crippen molar-refractivity contribution < 1.29 is 14.0 Å². The van der Waals surface area contributed by atoms with Crippen LogP contribution < -0.4 is 10.6 Å². The molecule has 154 valence electrons. The lowest BCUT2D eigenvalue weighted by atomic mass is 10.0. The summed E-state index contributed by atoms with van der Waals surface area (Å²) >= 11 is 0. The van der Waals surface area contributed by atoms with Gasteiger partial charge < -0.3 is 20.0 Å². The number of nitrogens with zero attached hydrogens (tertiary/aromatic N) is 1. The molecule has 7 nitrogen and oxygen atoms in total. The summed E-state index contributed by atoms with van der Waals surface area (Å²) in [7, 11) is 0. The summed E-state index contributed by atoms with van der Waals surface area (Å²) in [6.45, 7) is 5.91. The number of furan rings is 1. The Bertz CT molecular complexity index is 1210. The highest BCUT2D eigenvalue weighted by Crippen LogP contribution is 2.27. The molecule has 0 saturated heterocycles. The Balaban J connectivity index is 1.57. The van der Waals surface area contributed by atoms with Crippen molar-refractivity contribution >= 4 is 33.6 Å². The second-order valence-corrected chi connectivity index (χ2v) is 7.68. The zero-order valence-corrected chi connectivity index (χ0v) is 17.2. The molecule has 3 aromatic heterocycles. The van der Waals surface area contributed by atoms with Gasteiger partial charge in [-0.1, -0.05) is 32.0 Å². The number of carbonyl (C=O) groups is 2. The van der Waals surface area contributed by atoms with Gasteiger partial charge in [-0.15, -0.1) is 0 Å². The topological polar surface area (TPSA) is 100 Å². The highest BCUT2D eigenvalue weighted by Gasteiger charge is 2.25. The van der Waals surface area contributed by atoms with Gasteiger partial charge in [0.15, 0.2) is 0 Å². The zero-order valence-electron chi connectivity index (χ0n) is 17.2. The van der Waals surface area contributed by atoms with E-state index in [9.17, 15) is 9.59 Å². The number of aromatic nitrogens is 2. The van der Waals surface area contributed by atoms with Gasteiger partial charge in [0, 0.05) is 16.3 Å². The highest BCUT2D eigenvalue weighted by molar-refractivity contribution is 6.10. The summed E-state index contributed by atoms with van der Waals surface area (Å²) in [5, 5.41) is 7.62. The minimum atomic E-state index is -0.687. The SMILES string of the molecule is Cc1nc(C(=O)NC(C(=O)NCc2ccco2)C(C)C)cc2c1[nH]c1ccccc12. The highest BCUT2D eigenvalue weighted by atomic mass is 16.3. The molecule has 0 aliphatic carbocycles. The van der Waals surface area contributed by atoms with Gasteiger partial charge in [0.05, 0.1) is 24.0 Å². The van der Waals surface area contributed by atoms with E-state index in [0.29, 0.717) is 5.76 Å². The van der Waals surface area contributed by atoms with Crippen LogP contribution in [0.1, 0.15) is 35.8 Å². The molecule has 7 heteroatoms. The standard InChI is InChI=1S/C23H24N4O3/c1-13(2)20(23(29)24-12-15-7-6-10-30-15)27-22(28)19-11-17-16-8-4-5-9-18(16)26-21(17)14(3)25-19/h4-11,13,20,26H,12H2,1-3H3,(H,24,29)(H,27,28). The lowest BCUT2D eigenvalue weighted by Crippen LogP contribution is -2.49. The fraction of sp³-hybridized carbons (Fsp3) is 0.261. The molecule has 30 heavy (non-hydrogen) atoms. The maximum Gasteiger partial charge on any atom is 0.270 e. The van der Waals surface area contributed by atoms with E-state index in [1.54, 1.807) is 24.5 Å². The van der Waals surface area contributed by atoms with Crippen molar-refractivity contribution in [2.45, 2.75) is 33.4 Å². The summed E-state index contributed by atoms with van der Waals surface area (Å²) < 4.78 is 5.24. The maximum atomic E-state index is 13.0. The van der Waals surface area contributed by atoms with Crippen LogP contribution in [0.4, 0.5) is 0 Å². The third-order valence-corrected chi connectivity index (χ3v) is 5.16. The fourth-order valence-corrected chi connectivity index (χ4v) is 3.57. The molecule has 3 N–H and O–H groups in total. The number of pyridine rings is 1. The number of hydrogen-bond donors (Lipinski definition) is 3. The summed E-state index contributed by atoms with van der Waals surface area (Å²) in [4.78, 5) is 33.5. The molecule has 0 aliphatic rings. The molecule has 0 spiro atoms. The van der Waals surface area contributed by atoms with Crippen LogP contribution in [0.3, 0.4) is 0 Å². The number of amides is 2. The van der Waals surface area contributed by atoms with Crippen molar-refractivity contribution in [3.63, 3.8) is 0 Å². The first-order valence-electron chi connectivity index (χ1n) is 9.93. The van der Waals surface area contributed by atoms with Crippen molar-refractivity contribution in [1.82, 2.24) is 20.6 Å². The predicted octanol–water partition coefficient (Wildman–Crippen LogP) is 3.69. The second kappa shape index (κ2) is 8.02. The van der Waals surface area contributed by atoms with Crippen molar-refractivity contribution in [1.29, 1.82) is 0 Å². The van der Waals surface area contributed by atoms with E-state index in [1.165, 1.54) is 0 Å². The molecule has 4 rings (SSSR count). The number of fused-ring (bicyclic) bond motifs is 3. The minimum absolute atomic E-state index is 0.0940. The Morgan fingerprint density at radius 3 is 2.67 bits per heavy atom. The molecule has 4 aromatic rings. The van der Waals surface area contributed by atoms with Gasteiger partial charge in [-0.3, -0.25) is 9.59 Å². The van der Waals surface area contributed by atoms with E-state index in [2.05, 4.69) is 20.6 Å². The molecule has 0 radical (unpaired) electrons. The van der Waals surface area contributed by atoms with Gasteiger partial charge in [0.2, 0.25) is 5.91 Å². The van der Waals surface area contributed by atoms with E-state index in [4.69, 9.17) is 4.42 Å². The van der Waals surface area contributed by atoms with Crippen molar-refractivity contribution in [3.8, 4) is 0 Å². The Morgan fingerprint density at radius 1 is 1.13 bits per heavy atom. The molecule has 1 atom stereocenters. The average molecular weight is 404 g/mol. The Hall–Kier alpha value is -3.61. The number of aryl methyl sites for hydroxylation is 1. The third-order valence-electron chi connectivity index (χ3n) is 5.16. The van der Waals surface area contributed by atoms with Crippen LogP contribution in [0, 0.1) is 12.8 Å². The second-order valence-electron chi connectivity index (χ2n) is 7.68. The summed E-state index contributed by atoms with van der Waals surface area (Å²) in [6, 6.07) is 12.6. The van der Waals surface area contributed by atoms with Crippen molar-refractivity contribution in [3.05, 3.63) is 65.9 Å². The van der Waals surface area contributed by atoms with Crippen LogP contribution in [0.2, 0.25) is 0 Å². The van der Waals surface area contributed by atoms with Gasteiger partial charge >= 0.3 is 0 Å². The zero-order chi connectivity index (χ0) is 21.3. The van der Waals surface area contributed by atoms with E-state index in [0.717, 1.165) is 27.5 Å². The normalized spacial score (nSPS) is 12.4. The number of para-hydroxylation sites is 1. The number of carbonyl (C=O) groups excluding carboxylic acids is 2. The minimum Gasteiger partial charge on any atom is -0.467 e. The molecule has 0 fully saturated rings. The molecular weight excluding hydrogens is 380 g/mol. The summed E-state index contributed by atoms with van der Waals surface area (Å²) in [5.41, 5.74) is 2.92. The Labute approximate surface area is 173 Å². The quantitative estimate of drug-likeness (QED) is 0.456. The predicted molar refractivity (Wildman–Crippen MR) is 115 cm³/mol. The molecule has 1 aromatic carbocycles. The van der Waals surface area contributed by atoms with Crippen LogP contribution in [-0.2, 0) is 11.3 Å². The van der Waals surface area contributed by atoms with Gasteiger partial charge in [0.25, 0.3) is 5.91 Å². The number of hydrogen-bond acceptors (Lipinski definition) is 4. The van der Waals surface area contributed by atoms with Crippen LogP contribution in [0.15, 0.2) is 53.1 Å². The van der Waals surface area contributed by atoms with Crippen LogP contribution in [0.5, 0.6) is 0 Å². The first-order valence-corrected chi connectivity index (χ1v) is 9.93. The van der Waals surface area contributed by atoms with Gasteiger partial charge in [0.1, 0.15) is 17.5 Å². The van der Waals surface area contributed by atoms with Gasteiger partial charge in [-0.2, -0.15) is 0 Å². The van der Waals surface area contributed by atoms with Crippen LogP contribution in [0.25, 0.3) is 21.8 Å². The van der Waals surface area contributed by atoms with Crippen LogP contribution >= 0.6 is 0 Å². The Morgan fingerprint density at radius 2 is 1.93 bits per heavy atom. The number of nitrogens with one attached hydrogen (secondary N) is 3. The van der Waals surface area contributed by atoms with Crippen molar-refractivity contribution in [2.24, 2.45) is 5.92 Å². The molecule has 2 amide bonds. The summed E-state index contributed by atoms with van der Waals surface area (Å²) in [6.07, 6.45) is 1.55. The van der Waals surface area contributed by atoms with E-state index >= 15 is 0 Å². The smallest absolute Gasteiger partial charge is 0.270 e. The maximum absolute atomic E-state index is 13.0. The average Bonchev–Trinajstić information content (AvgIpc) is 3.38. The third kappa shape index (κ3) is 3.78. The number of H-pyrrole nitrogens is 1. The fourth-order valence-electron chi connectivity index (χ4n) is 3.57. The molecule has 3 heterocycles. The van der Waals surface area contributed by atoms with E-state index in [-0.39, 0.29) is 30.0 Å². The van der Waals surface area contributed by atoms with Crippen LogP contribution in [-0.4, -0.2) is 27.8 Å². The number of aromatic amines is 1. The lowest BCUT2D eigenvalue weighted by molar-refractivity contribution is -0.124. The van der Waals surface area contributed by atoms with Gasteiger partial charge in [-0.25, -0.2) is 4.98 Å². The van der Waals surface area contributed by atoms with E-state index < -0.39 is 6.04 Å². The summed E-state index contributed by atoms with van der Waals surface area (Å²) in [5.74, 6) is -0.0838. The van der Waals surface area contributed by atoms with E-state index in [1.807, 2.05) is 45.0 Å². The number of rotatable bonds is 6. The molecule has 1 unspecified atom stereocenters. The Kier molecular flexibility index (Phi) is 5.27. The molecular formula is C23H24N4O3. The largest absolute Gasteiger partial charge is 0.467 e. The van der Waals surface area contributed by atoms with Crippen molar-refractivity contribution in [2.75, 3.05) is 0 Å². The monoisotopic (exact) mass is 404 g/mol. The molecule has 0 aliphatic heterocycles. The molecule has 0 saturated carbocycles. The molecule has 0 bridgehead atoms.